The Labute approximate surface area is 107 Å². The molecule has 104 valence electrons. The molecular weight excluding hydrogens is 216 g/mol. The Morgan fingerprint density at radius 2 is 1.82 bits per heavy atom. The van der Waals surface area contributed by atoms with Crippen LogP contribution in [0.15, 0.2) is 0 Å². The number of aliphatic hydroxyl groups excluding tert-OH is 1. The third-order valence-electron chi connectivity index (χ3n) is 2.62. The molecule has 0 bridgehead atoms. The van der Waals surface area contributed by atoms with Gasteiger partial charge in [0, 0.05) is 13.2 Å². The molecule has 0 saturated carbocycles. The standard InChI is InChI=1S/C13H30N2O2/c1-5-6-10-17-12-13(16)11-15(4)9-7-8-14(2)3/h13,16H,5-12H2,1-4H3. The van der Waals surface area contributed by atoms with E-state index in [0.29, 0.717) is 13.2 Å². The van der Waals surface area contributed by atoms with E-state index in [9.17, 15) is 5.11 Å². The number of rotatable bonds is 11. The molecule has 0 aliphatic rings. The van der Waals surface area contributed by atoms with Gasteiger partial charge in [-0.3, -0.25) is 0 Å². The summed E-state index contributed by atoms with van der Waals surface area (Å²) in [6.07, 6.45) is 2.98. The molecule has 1 atom stereocenters. The molecule has 0 aliphatic carbocycles. The van der Waals surface area contributed by atoms with Gasteiger partial charge >= 0.3 is 0 Å². The zero-order valence-electron chi connectivity index (χ0n) is 12.0. The van der Waals surface area contributed by atoms with Crippen LogP contribution in [0.25, 0.3) is 0 Å². The van der Waals surface area contributed by atoms with Crippen molar-refractivity contribution in [2.45, 2.75) is 32.3 Å². The predicted molar refractivity (Wildman–Crippen MR) is 72.4 cm³/mol. The lowest BCUT2D eigenvalue weighted by Gasteiger charge is -2.21. The predicted octanol–water partition coefficient (Wildman–Crippen LogP) is 1.05. The van der Waals surface area contributed by atoms with Crippen LogP contribution in [0, 0.1) is 0 Å². The first-order valence-electron chi connectivity index (χ1n) is 6.65. The Hall–Kier alpha value is -0.160. The second kappa shape index (κ2) is 11.0. The molecular formula is C13H30N2O2. The van der Waals surface area contributed by atoms with Gasteiger partial charge in [0.1, 0.15) is 0 Å². The summed E-state index contributed by atoms with van der Waals surface area (Å²) in [4.78, 5) is 4.34. The van der Waals surface area contributed by atoms with Crippen molar-refractivity contribution in [2.75, 3.05) is 54.0 Å². The third kappa shape index (κ3) is 12.1. The van der Waals surface area contributed by atoms with Gasteiger partial charge in [0.15, 0.2) is 0 Å². The molecule has 0 aromatic rings. The molecule has 0 aliphatic heterocycles. The Bertz CT molecular complexity index is 165. The van der Waals surface area contributed by atoms with Crippen molar-refractivity contribution in [1.82, 2.24) is 9.80 Å². The van der Waals surface area contributed by atoms with E-state index in [4.69, 9.17) is 4.74 Å². The second-order valence-corrected chi connectivity index (χ2v) is 5.00. The van der Waals surface area contributed by atoms with Crippen LogP contribution in [0.1, 0.15) is 26.2 Å². The van der Waals surface area contributed by atoms with Crippen molar-refractivity contribution in [3.63, 3.8) is 0 Å². The average molecular weight is 246 g/mol. The summed E-state index contributed by atoms with van der Waals surface area (Å²) in [5, 5.41) is 9.75. The summed E-state index contributed by atoms with van der Waals surface area (Å²) in [6, 6.07) is 0. The molecule has 0 saturated heterocycles. The maximum absolute atomic E-state index is 9.75. The Morgan fingerprint density at radius 3 is 2.41 bits per heavy atom. The molecule has 0 amide bonds. The van der Waals surface area contributed by atoms with Crippen LogP contribution < -0.4 is 0 Å². The van der Waals surface area contributed by atoms with E-state index in [-0.39, 0.29) is 6.10 Å². The fourth-order valence-corrected chi connectivity index (χ4v) is 1.63. The summed E-state index contributed by atoms with van der Waals surface area (Å²) in [7, 11) is 6.21. The molecule has 0 aromatic heterocycles. The SMILES string of the molecule is CCCCOCC(O)CN(C)CCCN(C)C. The number of ether oxygens (including phenoxy) is 1. The van der Waals surface area contributed by atoms with Crippen LogP contribution in [-0.2, 0) is 4.74 Å². The van der Waals surface area contributed by atoms with Gasteiger partial charge in [0.2, 0.25) is 0 Å². The average Bonchev–Trinajstić information content (AvgIpc) is 2.23. The summed E-state index contributed by atoms with van der Waals surface area (Å²) in [6.45, 7) is 6.16. The zero-order chi connectivity index (χ0) is 13.1. The number of hydrogen-bond donors (Lipinski definition) is 1. The van der Waals surface area contributed by atoms with Gasteiger partial charge in [0.05, 0.1) is 12.7 Å². The fraction of sp³-hybridized carbons (Fsp3) is 1.00. The molecule has 1 N–H and O–H groups in total. The first-order valence-corrected chi connectivity index (χ1v) is 6.65. The van der Waals surface area contributed by atoms with Crippen LogP contribution in [0.4, 0.5) is 0 Å². The van der Waals surface area contributed by atoms with Crippen LogP contribution in [0.2, 0.25) is 0 Å². The molecule has 0 spiro atoms. The Morgan fingerprint density at radius 1 is 1.12 bits per heavy atom. The minimum atomic E-state index is -0.365. The molecule has 4 nitrogen and oxygen atoms in total. The van der Waals surface area contributed by atoms with E-state index in [0.717, 1.165) is 39.0 Å². The third-order valence-corrected chi connectivity index (χ3v) is 2.62. The van der Waals surface area contributed by atoms with E-state index >= 15 is 0 Å². The molecule has 0 rings (SSSR count). The van der Waals surface area contributed by atoms with Gasteiger partial charge in [-0.25, -0.2) is 0 Å². The molecule has 0 heterocycles. The first kappa shape index (κ1) is 16.8. The summed E-state index contributed by atoms with van der Waals surface area (Å²) >= 11 is 0. The second-order valence-electron chi connectivity index (χ2n) is 5.00. The van der Waals surface area contributed by atoms with Crippen molar-refractivity contribution in [1.29, 1.82) is 0 Å². The van der Waals surface area contributed by atoms with Gasteiger partial charge in [-0.05, 0) is 47.1 Å². The number of unbranched alkanes of at least 4 members (excludes halogenated alkanes) is 1. The Kier molecular flexibility index (Phi) is 10.9. The van der Waals surface area contributed by atoms with Crippen molar-refractivity contribution in [2.24, 2.45) is 0 Å². The van der Waals surface area contributed by atoms with Gasteiger partial charge < -0.3 is 19.6 Å². The van der Waals surface area contributed by atoms with E-state index in [1.165, 1.54) is 0 Å². The van der Waals surface area contributed by atoms with E-state index in [1.807, 2.05) is 7.05 Å². The maximum Gasteiger partial charge on any atom is 0.0900 e. The highest BCUT2D eigenvalue weighted by Crippen LogP contribution is 1.95. The minimum absolute atomic E-state index is 0.365. The highest BCUT2D eigenvalue weighted by molar-refractivity contribution is 4.61. The highest BCUT2D eigenvalue weighted by atomic mass is 16.5. The minimum Gasteiger partial charge on any atom is -0.389 e. The molecule has 0 fully saturated rings. The lowest BCUT2D eigenvalue weighted by Crippen LogP contribution is -2.33. The van der Waals surface area contributed by atoms with Crippen LogP contribution >= 0.6 is 0 Å². The van der Waals surface area contributed by atoms with Crippen molar-refractivity contribution >= 4 is 0 Å². The van der Waals surface area contributed by atoms with E-state index in [2.05, 4.69) is 30.8 Å². The summed E-state index contributed by atoms with van der Waals surface area (Å²) < 4.78 is 5.39. The number of likely N-dealkylation sites (N-methyl/N-ethyl adjacent to an activating group) is 1. The van der Waals surface area contributed by atoms with Crippen LogP contribution in [0.5, 0.6) is 0 Å². The highest BCUT2D eigenvalue weighted by Gasteiger charge is 2.08. The summed E-state index contributed by atoms with van der Waals surface area (Å²) in [5.74, 6) is 0. The molecule has 4 heteroatoms. The first-order chi connectivity index (χ1) is 8.06. The quantitative estimate of drug-likeness (QED) is 0.553. The van der Waals surface area contributed by atoms with E-state index in [1.54, 1.807) is 0 Å². The molecule has 17 heavy (non-hydrogen) atoms. The lowest BCUT2D eigenvalue weighted by atomic mass is 10.3. The fourth-order valence-electron chi connectivity index (χ4n) is 1.63. The van der Waals surface area contributed by atoms with Gasteiger partial charge in [-0.15, -0.1) is 0 Å². The van der Waals surface area contributed by atoms with Gasteiger partial charge in [-0.2, -0.15) is 0 Å². The summed E-state index contributed by atoms with van der Waals surface area (Å²) in [5.41, 5.74) is 0. The topological polar surface area (TPSA) is 35.9 Å². The van der Waals surface area contributed by atoms with Crippen molar-refractivity contribution in [3.05, 3.63) is 0 Å². The molecule has 0 aromatic carbocycles. The Balaban J connectivity index is 3.41. The normalized spacial score (nSPS) is 13.6. The number of aliphatic hydroxyl groups is 1. The lowest BCUT2D eigenvalue weighted by molar-refractivity contribution is 0.0196. The van der Waals surface area contributed by atoms with Gasteiger partial charge in [-0.1, -0.05) is 13.3 Å². The van der Waals surface area contributed by atoms with Crippen LogP contribution in [-0.4, -0.2) is 75.0 Å². The molecule has 0 radical (unpaired) electrons. The molecule has 1 unspecified atom stereocenters. The van der Waals surface area contributed by atoms with Crippen LogP contribution in [0.3, 0.4) is 0 Å². The largest absolute Gasteiger partial charge is 0.389 e. The number of hydrogen-bond acceptors (Lipinski definition) is 4. The van der Waals surface area contributed by atoms with Gasteiger partial charge in [0.25, 0.3) is 0 Å². The van der Waals surface area contributed by atoms with E-state index < -0.39 is 0 Å². The smallest absolute Gasteiger partial charge is 0.0900 e. The maximum atomic E-state index is 9.75. The monoisotopic (exact) mass is 246 g/mol. The van der Waals surface area contributed by atoms with Crippen molar-refractivity contribution in [3.8, 4) is 0 Å². The zero-order valence-corrected chi connectivity index (χ0v) is 12.0. The number of nitrogens with zero attached hydrogens (tertiary/aromatic N) is 2. The van der Waals surface area contributed by atoms with Crippen molar-refractivity contribution < 1.29 is 9.84 Å².